The predicted molar refractivity (Wildman–Crippen MR) is 66.1 cm³/mol. The summed E-state index contributed by atoms with van der Waals surface area (Å²) in [7, 11) is 4.05. The Morgan fingerprint density at radius 2 is 2.31 bits per heavy atom. The zero-order chi connectivity index (χ0) is 12.1. The number of hydrogen-bond donors (Lipinski definition) is 1. The maximum Gasteiger partial charge on any atom is 0.225 e. The minimum Gasteiger partial charge on any atom is -0.345 e. The molecule has 0 aliphatic carbocycles. The Labute approximate surface area is 98.8 Å². The number of carbonyl (C=O) groups excluding carboxylic acids is 1. The van der Waals surface area contributed by atoms with Gasteiger partial charge in [0.25, 0.3) is 0 Å². The van der Waals surface area contributed by atoms with Crippen LogP contribution in [0.25, 0.3) is 0 Å². The van der Waals surface area contributed by atoms with Crippen LogP contribution >= 0.6 is 0 Å². The van der Waals surface area contributed by atoms with Crippen LogP contribution in [0.5, 0.6) is 0 Å². The van der Waals surface area contributed by atoms with E-state index in [9.17, 15) is 4.79 Å². The molecule has 0 aromatic rings. The standard InChI is InChI=1S/C12H25N3O/c1-10(4-6-13)12(16)15(3)9-11-5-7-14(2)8-11/h10-11H,4-9,13H2,1-3H3. The van der Waals surface area contributed by atoms with E-state index in [0.29, 0.717) is 12.5 Å². The van der Waals surface area contributed by atoms with Crippen molar-refractivity contribution in [1.82, 2.24) is 9.80 Å². The Balaban J connectivity index is 2.33. The fourth-order valence-corrected chi connectivity index (χ4v) is 2.40. The number of nitrogens with zero attached hydrogens (tertiary/aromatic N) is 2. The molecule has 94 valence electrons. The van der Waals surface area contributed by atoms with Gasteiger partial charge in [0.1, 0.15) is 0 Å². The van der Waals surface area contributed by atoms with E-state index >= 15 is 0 Å². The average molecular weight is 227 g/mol. The first-order chi connectivity index (χ1) is 7.54. The molecule has 0 bridgehead atoms. The average Bonchev–Trinajstić information content (AvgIpc) is 2.63. The van der Waals surface area contributed by atoms with E-state index < -0.39 is 0 Å². The lowest BCUT2D eigenvalue weighted by Crippen LogP contribution is -2.36. The third-order valence-electron chi connectivity index (χ3n) is 3.42. The topological polar surface area (TPSA) is 49.6 Å². The van der Waals surface area contributed by atoms with E-state index in [1.54, 1.807) is 0 Å². The molecule has 0 aromatic heterocycles. The summed E-state index contributed by atoms with van der Waals surface area (Å²) in [5.41, 5.74) is 5.47. The highest BCUT2D eigenvalue weighted by Crippen LogP contribution is 2.16. The molecule has 4 nitrogen and oxygen atoms in total. The molecule has 2 atom stereocenters. The van der Waals surface area contributed by atoms with Crippen molar-refractivity contribution in [3.63, 3.8) is 0 Å². The van der Waals surface area contributed by atoms with Crippen molar-refractivity contribution in [2.24, 2.45) is 17.6 Å². The van der Waals surface area contributed by atoms with Gasteiger partial charge in [-0.2, -0.15) is 0 Å². The van der Waals surface area contributed by atoms with Crippen molar-refractivity contribution in [3.05, 3.63) is 0 Å². The van der Waals surface area contributed by atoms with Crippen LogP contribution in [0.15, 0.2) is 0 Å². The Bertz CT molecular complexity index is 232. The molecule has 4 heteroatoms. The van der Waals surface area contributed by atoms with Crippen molar-refractivity contribution in [3.8, 4) is 0 Å². The molecule has 0 saturated carbocycles. The highest BCUT2D eigenvalue weighted by atomic mass is 16.2. The highest BCUT2D eigenvalue weighted by Gasteiger charge is 2.24. The maximum atomic E-state index is 12.0. The van der Waals surface area contributed by atoms with Gasteiger partial charge in [0.05, 0.1) is 0 Å². The van der Waals surface area contributed by atoms with Crippen molar-refractivity contribution in [2.45, 2.75) is 19.8 Å². The van der Waals surface area contributed by atoms with Gasteiger partial charge >= 0.3 is 0 Å². The number of rotatable bonds is 5. The molecule has 0 radical (unpaired) electrons. The maximum absolute atomic E-state index is 12.0. The number of nitrogens with two attached hydrogens (primary N) is 1. The summed E-state index contributed by atoms with van der Waals surface area (Å²) in [4.78, 5) is 16.2. The molecule has 0 aromatic carbocycles. The number of carbonyl (C=O) groups is 1. The zero-order valence-corrected chi connectivity index (χ0v) is 10.8. The van der Waals surface area contributed by atoms with Crippen LogP contribution in [0.3, 0.4) is 0 Å². The quantitative estimate of drug-likeness (QED) is 0.739. The van der Waals surface area contributed by atoms with Crippen molar-refractivity contribution in [1.29, 1.82) is 0 Å². The molecule has 1 amide bonds. The van der Waals surface area contributed by atoms with Gasteiger partial charge in [0.2, 0.25) is 5.91 Å². The summed E-state index contributed by atoms with van der Waals surface area (Å²) in [6.45, 7) is 5.71. The fourth-order valence-electron chi connectivity index (χ4n) is 2.40. The van der Waals surface area contributed by atoms with Gasteiger partial charge in [0.15, 0.2) is 0 Å². The largest absolute Gasteiger partial charge is 0.345 e. The molecule has 1 heterocycles. The van der Waals surface area contributed by atoms with Gasteiger partial charge in [-0.3, -0.25) is 4.79 Å². The third-order valence-corrected chi connectivity index (χ3v) is 3.42. The molecular formula is C12H25N3O. The van der Waals surface area contributed by atoms with Crippen LogP contribution in [0.1, 0.15) is 19.8 Å². The highest BCUT2D eigenvalue weighted by molar-refractivity contribution is 5.78. The molecule has 1 saturated heterocycles. The van der Waals surface area contributed by atoms with Crippen molar-refractivity contribution >= 4 is 5.91 Å². The van der Waals surface area contributed by atoms with E-state index in [1.165, 1.54) is 6.42 Å². The van der Waals surface area contributed by atoms with E-state index in [0.717, 1.165) is 26.1 Å². The van der Waals surface area contributed by atoms with Crippen LogP contribution in [-0.2, 0) is 4.79 Å². The van der Waals surface area contributed by atoms with Gasteiger partial charge in [-0.1, -0.05) is 6.92 Å². The van der Waals surface area contributed by atoms with Crippen LogP contribution in [-0.4, -0.2) is 56.0 Å². The summed E-state index contributed by atoms with van der Waals surface area (Å²) in [6, 6.07) is 0. The van der Waals surface area contributed by atoms with Gasteiger partial charge in [-0.15, -0.1) is 0 Å². The third kappa shape index (κ3) is 3.76. The fraction of sp³-hybridized carbons (Fsp3) is 0.917. The molecule has 2 N–H and O–H groups in total. The van der Waals surface area contributed by atoms with E-state index in [4.69, 9.17) is 5.73 Å². The van der Waals surface area contributed by atoms with Gasteiger partial charge in [0, 0.05) is 26.1 Å². The lowest BCUT2D eigenvalue weighted by atomic mass is 10.0. The van der Waals surface area contributed by atoms with Crippen LogP contribution in [0, 0.1) is 11.8 Å². The van der Waals surface area contributed by atoms with Crippen LogP contribution in [0.2, 0.25) is 0 Å². The molecule has 16 heavy (non-hydrogen) atoms. The molecule has 1 aliphatic heterocycles. The first-order valence-electron chi connectivity index (χ1n) is 6.18. The molecule has 0 spiro atoms. The van der Waals surface area contributed by atoms with Crippen LogP contribution < -0.4 is 5.73 Å². The molecule has 1 aliphatic rings. The van der Waals surface area contributed by atoms with Gasteiger partial charge in [-0.25, -0.2) is 0 Å². The lowest BCUT2D eigenvalue weighted by Gasteiger charge is -2.24. The minimum absolute atomic E-state index is 0.0640. The second-order valence-corrected chi connectivity index (χ2v) is 5.11. The minimum atomic E-state index is 0.0640. The summed E-state index contributed by atoms with van der Waals surface area (Å²) in [5, 5.41) is 0. The van der Waals surface area contributed by atoms with E-state index in [1.807, 2.05) is 18.9 Å². The SMILES string of the molecule is CC(CCN)C(=O)N(C)CC1CCN(C)C1. The molecule has 1 fully saturated rings. The zero-order valence-electron chi connectivity index (χ0n) is 10.8. The smallest absolute Gasteiger partial charge is 0.225 e. The number of amides is 1. The predicted octanol–water partition coefficient (Wildman–Crippen LogP) is 0.381. The second-order valence-electron chi connectivity index (χ2n) is 5.11. The van der Waals surface area contributed by atoms with E-state index in [2.05, 4.69) is 11.9 Å². The van der Waals surface area contributed by atoms with Gasteiger partial charge < -0.3 is 15.5 Å². The summed E-state index contributed by atoms with van der Waals surface area (Å²) >= 11 is 0. The Kier molecular flexibility index (Phi) is 5.22. The lowest BCUT2D eigenvalue weighted by molar-refractivity contribution is -0.134. The van der Waals surface area contributed by atoms with Crippen LogP contribution in [0.4, 0.5) is 0 Å². The Morgan fingerprint density at radius 1 is 1.62 bits per heavy atom. The van der Waals surface area contributed by atoms with E-state index in [-0.39, 0.29) is 11.8 Å². The summed E-state index contributed by atoms with van der Waals surface area (Å²) < 4.78 is 0. The Hall–Kier alpha value is -0.610. The summed E-state index contributed by atoms with van der Waals surface area (Å²) in [5.74, 6) is 0.943. The normalized spacial score (nSPS) is 23.4. The monoisotopic (exact) mass is 227 g/mol. The second kappa shape index (κ2) is 6.21. The number of likely N-dealkylation sites (tertiary alicyclic amines) is 1. The summed E-state index contributed by atoms with van der Waals surface area (Å²) in [6.07, 6.45) is 1.99. The Morgan fingerprint density at radius 3 is 2.81 bits per heavy atom. The first-order valence-corrected chi connectivity index (χ1v) is 6.18. The first kappa shape index (κ1) is 13.5. The van der Waals surface area contributed by atoms with Crippen molar-refractivity contribution < 1.29 is 4.79 Å². The number of hydrogen-bond acceptors (Lipinski definition) is 3. The molecular weight excluding hydrogens is 202 g/mol. The van der Waals surface area contributed by atoms with Crippen molar-refractivity contribution in [2.75, 3.05) is 40.3 Å². The molecule has 2 unspecified atom stereocenters. The molecule has 1 rings (SSSR count). The van der Waals surface area contributed by atoms with Gasteiger partial charge in [-0.05, 0) is 38.9 Å².